The molecule has 5 nitrogen and oxygen atoms in total. The second-order valence-electron chi connectivity index (χ2n) is 5.97. The number of likely N-dealkylation sites (N-methyl/N-ethyl adjacent to an activating group) is 1. The predicted molar refractivity (Wildman–Crippen MR) is 101 cm³/mol. The molecule has 0 bridgehead atoms. The molecule has 0 aliphatic carbocycles. The monoisotopic (exact) mass is 372 g/mol. The van der Waals surface area contributed by atoms with Crippen LogP contribution in [0.5, 0.6) is 0 Å². The van der Waals surface area contributed by atoms with Crippen molar-refractivity contribution in [1.82, 2.24) is 15.5 Å². The molecule has 0 spiro atoms. The van der Waals surface area contributed by atoms with Gasteiger partial charge in [-0.05, 0) is 37.6 Å². The van der Waals surface area contributed by atoms with Crippen LogP contribution in [0.4, 0.5) is 0 Å². The minimum Gasteiger partial charge on any atom is -0.374 e. The van der Waals surface area contributed by atoms with Crippen molar-refractivity contribution in [1.29, 1.82) is 0 Å². The fraction of sp³-hybridized carbons (Fsp3) is 0.588. The molecule has 1 heterocycles. The van der Waals surface area contributed by atoms with Crippen molar-refractivity contribution in [3.05, 3.63) is 33.8 Å². The number of hydrogen-bond acceptors (Lipinski definition) is 3. The van der Waals surface area contributed by atoms with Crippen LogP contribution in [0.1, 0.15) is 12.0 Å². The normalized spacial score (nSPS) is 19.3. The van der Waals surface area contributed by atoms with E-state index in [0.717, 1.165) is 62.2 Å². The molecule has 1 aliphatic heterocycles. The van der Waals surface area contributed by atoms with Gasteiger partial charge in [-0.3, -0.25) is 4.99 Å². The number of nitrogens with zero attached hydrogens (tertiary/aromatic N) is 2. The van der Waals surface area contributed by atoms with Gasteiger partial charge in [0.25, 0.3) is 0 Å². The first kappa shape index (κ1) is 19.3. The SMILES string of the molecule is CN=C(NCCCc1ccc(Cl)cc1Cl)NCC1CN(C)CCO1. The summed E-state index contributed by atoms with van der Waals surface area (Å²) in [5.74, 6) is 0.800. The zero-order valence-electron chi connectivity index (χ0n) is 14.3. The molecular weight excluding hydrogens is 347 g/mol. The lowest BCUT2D eigenvalue weighted by atomic mass is 10.1. The van der Waals surface area contributed by atoms with Crippen molar-refractivity contribution in [3.63, 3.8) is 0 Å². The molecule has 24 heavy (non-hydrogen) atoms. The van der Waals surface area contributed by atoms with E-state index in [1.54, 1.807) is 13.1 Å². The van der Waals surface area contributed by atoms with Gasteiger partial charge in [-0.15, -0.1) is 0 Å². The predicted octanol–water partition coefficient (Wildman–Crippen LogP) is 2.42. The summed E-state index contributed by atoms with van der Waals surface area (Å²) in [6, 6.07) is 5.64. The molecule has 2 N–H and O–H groups in total. The van der Waals surface area contributed by atoms with Gasteiger partial charge in [0.1, 0.15) is 0 Å². The maximum Gasteiger partial charge on any atom is 0.191 e. The molecule has 1 aromatic rings. The Hall–Kier alpha value is -1.01. The van der Waals surface area contributed by atoms with Crippen molar-refractivity contribution < 1.29 is 4.74 Å². The second-order valence-corrected chi connectivity index (χ2v) is 6.82. The summed E-state index contributed by atoms with van der Waals surface area (Å²) in [7, 11) is 3.89. The van der Waals surface area contributed by atoms with E-state index in [-0.39, 0.29) is 6.10 Å². The first-order chi connectivity index (χ1) is 11.6. The third kappa shape index (κ3) is 6.48. The molecule has 1 unspecified atom stereocenters. The zero-order chi connectivity index (χ0) is 17.4. The number of morpholine rings is 1. The third-order valence-electron chi connectivity index (χ3n) is 3.99. The molecule has 1 saturated heterocycles. The van der Waals surface area contributed by atoms with Crippen molar-refractivity contribution in [2.24, 2.45) is 4.99 Å². The maximum absolute atomic E-state index is 6.19. The summed E-state index contributed by atoms with van der Waals surface area (Å²) in [5.41, 5.74) is 1.12. The molecule has 134 valence electrons. The smallest absolute Gasteiger partial charge is 0.191 e. The molecule has 0 amide bonds. The van der Waals surface area contributed by atoms with Crippen LogP contribution in [-0.4, -0.2) is 63.8 Å². The molecule has 1 fully saturated rings. The van der Waals surface area contributed by atoms with Crippen molar-refractivity contribution in [2.75, 3.05) is 46.9 Å². The third-order valence-corrected chi connectivity index (χ3v) is 4.58. The van der Waals surface area contributed by atoms with Crippen LogP contribution in [0.3, 0.4) is 0 Å². The van der Waals surface area contributed by atoms with Crippen LogP contribution in [0.2, 0.25) is 10.0 Å². The van der Waals surface area contributed by atoms with Crippen LogP contribution in [-0.2, 0) is 11.2 Å². The molecular formula is C17H26Cl2N4O. The lowest BCUT2D eigenvalue weighted by Crippen LogP contribution is -2.48. The quantitative estimate of drug-likeness (QED) is 0.457. The molecule has 1 atom stereocenters. The van der Waals surface area contributed by atoms with E-state index < -0.39 is 0 Å². The summed E-state index contributed by atoms with van der Waals surface area (Å²) in [6.07, 6.45) is 2.07. The van der Waals surface area contributed by atoms with Gasteiger partial charge in [0.05, 0.1) is 12.7 Å². The average Bonchev–Trinajstić information content (AvgIpc) is 2.56. The highest BCUT2D eigenvalue weighted by atomic mass is 35.5. The lowest BCUT2D eigenvalue weighted by Gasteiger charge is -2.30. The van der Waals surface area contributed by atoms with Gasteiger partial charge in [-0.1, -0.05) is 29.3 Å². The van der Waals surface area contributed by atoms with E-state index >= 15 is 0 Å². The first-order valence-electron chi connectivity index (χ1n) is 8.27. The van der Waals surface area contributed by atoms with Crippen molar-refractivity contribution in [3.8, 4) is 0 Å². The van der Waals surface area contributed by atoms with E-state index in [9.17, 15) is 0 Å². The van der Waals surface area contributed by atoms with Gasteiger partial charge >= 0.3 is 0 Å². The Kier molecular flexibility index (Phi) is 8.12. The number of halogens is 2. The summed E-state index contributed by atoms with van der Waals surface area (Å²) < 4.78 is 5.74. The maximum atomic E-state index is 6.19. The second kappa shape index (κ2) is 10.1. The molecule has 2 rings (SSSR count). The molecule has 0 radical (unpaired) electrons. The molecule has 1 aromatic carbocycles. The van der Waals surface area contributed by atoms with Crippen LogP contribution in [0, 0.1) is 0 Å². The number of guanidine groups is 1. The van der Waals surface area contributed by atoms with Crippen LogP contribution < -0.4 is 10.6 Å². The van der Waals surface area contributed by atoms with Gasteiger partial charge in [0.2, 0.25) is 0 Å². The largest absolute Gasteiger partial charge is 0.374 e. The van der Waals surface area contributed by atoms with E-state index in [1.165, 1.54) is 0 Å². The number of benzene rings is 1. The molecule has 1 aliphatic rings. The highest BCUT2D eigenvalue weighted by Crippen LogP contribution is 2.21. The number of nitrogens with one attached hydrogen (secondary N) is 2. The number of aryl methyl sites for hydroxylation is 1. The van der Waals surface area contributed by atoms with Gasteiger partial charge < -0.3 is 20.3 Å². The fourth-order valence-electron chi connectivity index (χ4n) is 2.63. The summed E-state index contributed by atoms with van der Waals surface area (Å²) in [4.78, 5) is 6.53. The Morgan fingerprint density at radius 1 is 1.38 bits per heavy atom. The Morgan fingerprint density at radius 3 is 2.92 bits per heavy atom. The standard InChI is InChI=1S/C17H26Cl2N4O/c1-20-17(22-11-15-12-23(2)8-9-24-15)21-7-3-4-13-5-6-14(18)10-16(13)19/h5-6,10,15H,3-4,7-9,11-12H2,1-2H3,(H2,20,21,22). The van der Waals surface area contributed by atoms with Gasteiger partial charge in [-0.2, -0.15) is 0 Å². The molecule has 0 aromatic heterocycles. The molecule has 7 heteroatoms. The van der Waals surface area contributed by atoms with Gasteiger partial charge in [0, 0.05) is 43.3 Å². The van der Waals surface area contributed by atoms with Crippen molar-refractivity contribution >= 4 is 29.2 Å². The Morgan fingerprint density at radius 2 is 2.21 bits per heavy atom. The summed E-state index contributed by atoms with van der Waals surface area (Å²) in [5, 5.41) is 8.04. The van der Waals surface area contributed by atoms with E-state index in [1.807, 2.05) is 12.1 Å². The fourth-order valence-corrected chi connectivity index (χ4v) is 3.13. The number of aliphatic imine (C=N–C) groups is 1. The summed E-state index contributed by atoms with van der Waals surface area (Å²) in [6.45, 7) is 4.31. The van der Waals surface area contributed by atoms with E-state index in [0.29, 0.717) is 5.02 Å². The highest BCUT2D eigenvalue weighted by molar-refractivity contribution is 6.35. The summed E-state index contributed by atoms with van der Waals surface area (Å²) >= 11 is 12.1. The average molecular weight is 373 g/mol. The first-order valence-corrected chi connectivity index (χ1v) is 9.02. The number of rotatable bonds is 6. The topological polar surface area (TPSA) is 48.9 Å². The number of hydrogen-bond donors (Lipinski definition) is 2. The molecule has 0 saturated carbocycles. The van der Waals surface area contributed by atoms with E-state index in [2.05, 4.69) is 27.6 Å². The zero-order valence-corrected chi connectivity index (χ0v) is 15.8. The minimum absolute atomic E-state index is 0.204. The Balaban J connectivity index is 1.66. The Bertz CT molecular complexity index is 553. The van der Waals surface area contributed by atoms with Gasteiger partial charge in [-0.25, -0.2) is 0 Å². The lowest BCUT2D eigenvalue weighted by molar-refractivity contribution is -0.0161. The van der Waals surface area contributed by atoms with E-state index in [4.69, 9.17) is 27.9 Å². The minimum atomic E-state index is 0.204. The van der Waals surface area contributed by atoms with Crippen LogP contribution in [0.25, 0.3) is 0 Å². The van der Waals surface area contributed by atoms with Crippen molar-refractivity contribution in [2.45, 2.75) is 18.9 Å². The van der Waals surface area contributed by atoms with Crippen LogP contribution in [0.15, 0.2) is 23.2 Å². The van der Waals surface area contributed by atoms with Gasteiger partial charge in [0.15, 0.2) is 5.96 Å². The highest BCUT2D eigenvalue weighted by Gasteiger charge is 2.17. The number of ether oxygens (including phenoxy) is 1. The van der Waals surface area contributed by atoms with Crippen LogP contribution >= 0.6 is 23.2 Å². The Labute approximate surface area is 154 Å².